The lowest BCUT2D eigenvalue weighted by atomic mass is 10.2. The maximum Gasteiger partial charge on any atom is 0.256 e. The van der Waals surface area contributed by atoms with Gasteiger partial charge in [-0.2, -0.15) is 5.26 Å². The third-order valence-corrected chi connectivity index (χ3v) is 3.43. The fraction of sp³-hybridized carbons (Fsp3) is 0.125. The summed E-state index contributed by atoms with van der Waals surface area (Å²) in [5.74, 6) is 5.49. The number of anilines is 1. The lowest BCUT2D eigenvalue weighted by molar-refractivity contribution is 0.102. The molecule has 0 spiro atoms. The van der Waals surface area contributed by atoms with Crippen LogP contribution < -0.4 is 5.32 Å². The number of hydrogen-bond donors (Lipinski definition) is 2. The molecule has 1 heterocycles. The van der Waals surface area contributed by atoms with Gasteiger partial charge in [-0.05, 0) is 30.3 Å². The van der Waals surface area contributed by atoms with Gasteiger partial charge in [0.1, 0.15) is 0 Å². The number of nitrogens with zero attached hydrogens (tertiary/aromatic N) is 1. The lowest BCUT2D eigenvalue weighted by Crippen LogP contribution is -2.10. The topological polar surface area (TPSA) is 73.1 Å². The Hall–Kier alpha value is -2.60. The molecule has 0 radical (unpaired) electrons. The SMILES string of the molecule is N#Cc1ccc(NC(=O)c2csc(C#CCCO)c2)cc1. The fourth-order valence-corrected chi connectivity index (χ4v) is 2.31. The average Bonchev–Trinajstić information content (AvgIpc) is 2.97. The van der Waals surface area contributed by atoms with Crippen molar-refractivity contribution in [1.82, 2.24) is 0 Å². The summed E-state index contributed by atoms with van der Waals surface area (Å²) in [6, 6.07) is 10.4. The summed E-state index contributed by atoms with van der Waals surface area (Å²) >= 11 is 1.39. The van der Waals surface area contributed by atoms with Gasteiger partial charge in [0.05, 0.1) is 28.7 Å². The van der Waals surface area contributed by atoms with Crippen LogP contribution in [0.1, 0.15) is 27.2 Å². The summed E-state index contributed by atoms with van der Waals surface area (Å²) < 4.78 is 0. The van der Waals surface area contributed by atoms with E-state index >= 15 is 0 Å². The predicted molar refractivity (Wildman–Crippen MR) is 82.0 cm³/mol. The predicted octanol–water partition coefficient (Wildman–Crippen LogP) is 2.61. The Balaban J connectivity index is 2.03. The fourth-order valence-electron chi connectivity index (χ4n) is 1.56. The Morgan fingerprint density at radius 1 is 1.33 bits per heavy atom. The number of rotatable bonds is 3. The molecule has 1 aromatic carbocycles. The summed E-state index contributed by atoms with van der Waals surface area (Å²) in [5, 5.41) is 21.9. The second-order valence-corrected chi connectivity index (χ2v) is 5.03. The minimum absolute atomic E-state index is 0.0322. The van der Waals surface area contributed by atoms with E-state index in [1.54, 1.807) is 35.7 Å². The first-order valence-corrected chi connectivity index (χ1v) is 7.10. The van der Waals surface area contributed by atoms with E-state index < -0.39 is 0 Å². The number of aliphatic hydroxyl groups excluding tert-OH is 1. The zero-order valence-electron chi connectivity index (χ0n) is 11.1. The number of amides is 1. The van der Waals surface area contributed by atoms with Gasteiger partial charge >= 0.3 is 0 Å². The van der Waals surface area contributed by atoms with Gasteiger partial charge in [0, 0.05) is 17.5 Å². The molecular weight excluding hydrogens is 284 g/mol. The van der Waals surface area contributed by atoms with Crippen LogP contribution in [0.15, 0.2) is 35.7 Å². The average molecular weight is 296 g/mol. The van der Waals surface area contributed by atoms with Crippen LogP contribution in [0.3, 0.4) is 0 Å². The van der Waals surface area contributed by atoms with Crippen LogP contribution in [0, 0.1) is 23.2 Å². The van der Waals surface area contributed by atoms with Crippen molar-refractivity contribution in [3.8, 4) is 17.9 Å². The molecule has 0 atom stereocenters. The summed E-state index contributed by atoms with van der Waals surface area (Å²) in [6.45, 7) is 0.0322. The van der Waals surface area contributed by atoms with E-state index in [1.165, 1.54) is 11.3 Å². The second kappa shape index (κ2) is 7.25. The summed E-state index contributed by atoms with van der Waals surface area (Å²) in [7, 11) is 0. The van der Waals surface area contributed by atoms with Crippen LogP contribution in [0.25, 0.3) is 0 Å². The number of aliphatic hydroxyl groups is 1. The molecule has 0 saturated carbocycles. The van der Waals surface area contributed by atoms with Crippen LogP contribution in [0.2, 0.25) is 0 Å². The Morgan fingerprint density at radius 3 is 2.76 bits per heavy atom. The smallest absolute Gasteiger partial charge is 0.256 e. The van der Waals surface area contributed by atoms with E-state index in [1.807, 2.05) is 6.07 Å². The van der Waals surface area contributed by atoms with Gasteiger partial charge < -0.3 is 10.4 Å². The Kier molecular flexibility index (Phi) is 5.11. The van der Waals surface area contributed by atoms with Crippen molar-refractivity contribution >= 4 is 22.9 Å². The zero-order chi connectivity index (χ0) is 15.1. The van der Waals surface area contributed by atoms with Crippen molar-refractivity contribution in [2.75, 3.05) is 11.9 Å². The molecule has 0 bridgehead atoms. The molecular formula is C16H12N2O2S. The first kappa shape index (κ1) is 14.8. The molecule has 1 aromatic heterocycles. The maximum atomic E-state index is 12.1. The molecule has 0 fully saturated rings. The highest BCUT2D eigenvalue weighted by Gasteiger charge is 2.08. The number of carbonyl (C=O) groups excluding carboxylic acids is 1. The minimum Gasteiger partial charge on any atom is -0.395 e. The number of hydrogen-bond acceptors (Lipinski definition) is 4. The first-order valence-electron chi connectivity index (χ1n) is 6.22. The van der Waals surface area contributed by atoms with Gasteiger partial charge in [0.25, 0.3) is 5.91 Å². The van der Waals surface area contributed by atoms with Crippen LogP contribution >= 0.6 is 11.3 Å². The molecule has 1 amide bonds. The van der Waals surface area contributed by atoms with Crippen LogP contribution in [0.4, 0.5) is 5.69 Å². The van der Waals surface area contributed by atoms with Gasteiger partial charge in [-0.15, -0.1) is 11.3 Å². The Labute approximate surface area is 126 Å². The zero-order valence-corrected chi connectivity index (χ0v) is 11.9. The number of nitriles is 1. The first-order chi connectivity index (χ1) is 10.2. The molecule has 2 rings (SSSR count). The highest BCUT2D eigenvalue weighted by atomic mass is 32.1. The number of thiophene rings is 1. The van der Waals surface area contributed by atoms with Crippen LogP contribution in [-0.4, -0.2) is 17.6 Å². The molecule has 0 aliphatic heterocycles. The quantitative estimate of drug-likeness (QED) is 0.855. The maximum absolute atomic E-state index is 12.1. The van der Waals surface area contributed by atoms with E-state index in [4.69, 9.17) is 10.4 Å². The molecule has 104 valence electrons. The van der Waals surface area contributed by atoms with Crippen molar-refractivity contribution < 1.29 is 9.90 Å². The van der Waals surface area contributed by atoms with Gasteiger partial charge in [0.15, 0.2) is 0 Å². The molecule has 5 heteroatoms. The van der Waals surface area contributed by atoms with Gasteiger partial charge in [0.2, 0.25) is 0 Å². The molecule has 0 aliphatic carbocycles. The molecule has 2 N–H and O–H groups in total. The lowest BCUT2D eigenvalue weighted by Gasteiger charge is -2.03. The van der Waals surface area contributed by atoms with E-state index in [2.05, 4.69) is 17.2 Å². The van der Waals surface area contributed by atoms with Crippen molar-refractivity contribution in [2.24, 2.45) is 0 Å². The van der Waals surface area contributed by atoms with Gasteiger partial charge in [-0.3, -0.25) is 4.79 Å². The van der Waals surface area contributed by atoms with E-state index in [0.29, 0.717) is 23.2 Å². The van der Waals surface area contributed by atoms with E-state index in [9.17, 15) is 4.79 Å². The highest BCUT2D eigenvalue weighted by molar-refractivity contribution is 7.10. The van der Waals surface area contributed by atoms with Crippen LogP contribution in [0.5, 0.6) is 0 Å². The summed E-state index contributed by atoms with van der Waals surface area (Å²) in [5.41, 5.74) is 1.72. The highest BCUT2D eigenvalue weighted by Crippen LogP contribution is 2.16. The van der Waals surface area contributed by atoms with Gasteiger partial charge in [-0.1, -0.05) is 11.8 Å². The van der Waals surface area contributed by atoms with Crippen molar-refractivity contribution in [2.45, 2.75) is 6.42 Å². The van der Waals surface area contributed by atoms with E-state index in [0.717, 1.165) is 4.88 Å². The summed E-state index contributed by atoms with van der Waals surface area (Å²) in [6.07, 6.45) is 0.421. The largest absolute Gasteiger partial charge is 0.395 e. The molecule has 0 saturated heterocycles. The number of benzene rings is 1. The molecule has 0 aliphatic rings. The third-order valence-electron chi connectivity index (χ3n) is 2.58. The van der Waals surface area contributed by atoms with Crippen molar-refractivity contribution in [1.29, 1.82) is 5.26 Å². The molecule has 2 aromatic rings. The van der Waals surface area contributed by atoms with Crippen molar-refractivity contribution in [3.05, 3.63) is 51.7 Å². The monoisotopic (exact) mass is 296 g/mol. The molecule has 0 unspecified atom stereocenters. The normalized spacial score (nSPS) is 9.33. The Bertz CT molecular complexity index is 730. The van der Waals surface area contributed by atoms with Crippen molar-refractivity contribution in [3.63, 3.8) is 0 Å². The second-order valence-electron chi connectivity index (χ2n) is 4.12. The number of carbonyl (C=O) groups is 1. The Morgan fingerprint density at radius 2 is 2.10 bits per heavy atom. The summed E-state index contributed by atoms with van der Waals surface area (Å²) in [4.78, 5) is 12.8. The number of nitrogens with one attached hydrogen (secondary N) is 1. The van der Waals surface area contributed by atoms with E-state index in [-0.39, 0.29) is 12.5 Å². The van der Waals surface area contributed by atoms with Gasteiger partial charge in [-0.25, -0.2) is 0 Å². The minimum atomic E-state index is -0.217. The molecule has 4 nitrogen and oxygen atoms in total. The van der Waals surface area contributed by atoms with Crippen LogP contribution in [-0.2, 0) is 0 Å². The molecule has 21 heavy (non-hydrogen) atoms. The third kappa shape index (κ3) is 4.19. The standard InChI is InChI=1S/C16H12N2O2S/c17-10-12-4-6-14(7-5-12)18-16(20)13-9-15(21-11-13)3-1-2-8-19/h4-7,9,11,19H,2,8H2,(H,18,20).